The van der Waals surface area contributed by atoms with Crippen molar-refractivity contribution in [2.75, 3.05) is 0 Å². The van der Waals surface area contributed by atoms with Crippen LogP contribution in [0.25, 0.3) is 166 Å². The van der Waals surface area contributed by atoms with E-state index in [2.05, 4.69) is 410 Å². The third-order valence-electron chi connectivity index (χ3n) is 24.8. The third-order valence-corrected chi connectivity index (χ3v) is 24.8. The summed E-state index contributed by atoms with van der Waals surface area (Å²) in [6, 6.07) is 148. The van der Waals surface area contributed by atoms with Gasteiger partial charge in [0, 0.05) is 44.0 Å². The molecule has 6 heteroatoms. The first-order valence-corrected chi connectivity index (χ1v) is 39.9. The highest BCUT2D eigenvalue weighted by molar-refractivity contribution is 7.00. The number of nitrogens with zero attached hydrogens (tertiary/aromatic N) is 2. The number of fused-ring (bicyclic) bond motifs is 14. The van der Waals surface area contributed by atoms with E-state index < -0.39 is 0 Å². The van der Waals surface area contributed by atoms with E-state index >= 15 is 0 Å². The molecule has 0 N–H and O–H groups in total. The molecule has 6 heterocycles. The molecule has 0 saturated carbocycles. The monoisotopic (exact) mass is 1460 g/mol. The van der Waals surface area contributed by atoms with E-state index in [1.807, 2.05) is 0 Å². The van der Waals surface area contributed by atoms with Crippen LogP contribution < -0.4 is 42.3 Å². The largest absolute Gasteiger partial charge is 0.458 e. The standard InChI is InChI=1S/C109H68B2N2O2/c1-7-27-70(28-8-1)76-48-52-98-90(58-76)92-60-81(73-33-13-4-14-34-73)62-96-108(92)112(98)100-56-69(57-104-106(100)110(96)94-50-46-77(65-102(94)114-104)71-29-9-2-10-30-71)54-68-26-25-39-79(55-68)86-42-21-22-43-87(86)80-49-53-99-91(59-80)93-61-82(88-44-23-19-40-84(88)74-35-15-5-16-36-74)63-97-109(93)113(99)101-64-83(89-45-24-20-41-85(89)75-37-17-6-18-38-75)67-105-107(101)111(97)95-51-47-78(66-103(95)115-105)72-31-11-3-12-32-72/h1-53,55-67H,54H2. The van der Waals surface area contributed by atoms with Gasteiger partial charge >= 0.3 is 0 Å². The first kappa shape index (κ1) is 65.0. The molecule has 4 aliphatic heterocycles. The number of hydrogen-bond acceptors (Lipinski definition) is 2. The Kier molecular flexibility index (Phi) is 14.7. The highest BCUT2D eigenvalue weighted by Gasteiger charge is 2.44. The Morgan fingerprint density at radius 1 is 0.200 bits per heavy atom. The summed E-state index contributed by atoms with van der Waals surface area (Å²) in [6.45, 7) is -0.249. The van der Waals surface area contributed by atoms with Crippen molar-refractivity contribution in [3.63, 3.8) is 0 Å². The number of aromatic nitrogens is 2. The van der Waals surface area contributed by atoms with Gasteiger partial charge in [0.05, 0.1) is 11.0 Å². The van der Waals surface area contributed by atoms with Gasteiger partial charge in [0.25, 0.3) is 13.4 Å². The highest BCUT2D eigenvalue weighted by atomic mass is 16.5. The van der Waals surface area contributed by atoms with E-state index in [0.717, 1.165) is 95.4 Å². The van der Waals surface area contributed by atoms with Crippen LogP contribution in [0.15, 0.2) is 400 Å². The second kappa shape index (κ2) is 25.9. The Morgan fingerprint density at radius 3 is 1.03 bits per heavy atom. The predicted octanol–water partition coefficient (Wildman–Crippen LogP) is 24.0. The van der Waals surface area contributed by atoms with Crippen LogP contribution in [-0.4, -0.2) is 22.6 Å². The van der Waals surface area contributed by atoms with Gasteiger partial charge in [-0.3, -0.25) is 0 Å². The van der Waals surface area contributed by atoms with E-state index in [1.54, 1.807) is 0 Å². The van der Waals surface area contributed by atoms with Crippen molar-refractivity contribution in [3.8, 4) is 146 Å². The molecule has 4 nitrogen and oxygen atoms in total. The molecule has 4 aliphatic rings. The topological polar surface area (TPSA) is 28.3 Å². The lowest BCUT2D eigenvalue weighted by atomic mass is 9.34. The zero-order valence-electron chi connectivity index (χ0n) is 62.7. The van der Waals surface area contributed by atoms with Crippen LogP contribution in [0, 0.1) is 0 Å². The fourth-order valence-corrected chi connectivity index (χ4v) is 19.7. The molecule has 0 amide bonds. The first-order valence-electron chi connectivity index (χ1n) is 39.9. The lowest BCUT2D eigenvalue weighted by molar-refractivity contribution is 0.487. The minimum atomic E-state index is -0.157. The molecule has 2 aromatic heterocycles. The minimum absolute atomic E-state index is 0.0917. The number of benzene rings is 18. The van der Waals surface area contributed by atoms with Crippen LogP contribution in [-0.2, 0) is 6.42 Å². The molecule has 0 unspecified atom stereocenters. The Hall–Kier alpha value is -14.7. The molecule has 0 atom stereocenters. The molecule has 18 aromatic carbocycles. The molecule has 532 valence electrons. The molecule has 20 aromatic rings. The van der Waals surface area contributed by atoms with E-state index in [0.29, 0.717) is 6.42 Å². The molecular weight excluding hydrogens is 1390 g/mol. The summed E-state index contributed by atoms with van der Waals surface area (Å²) in [4.78, 5) is 0. The second-order valence-corrected chi connectivity index (χ2v) is 31.3. The minimum Gasteiger partial charge on any atom is -0.458 e. The van der Waals surface area contributed by atoms with Crippen molar-refractivity contribution in [2.45, 2.75) is 6.42 Å². The second-order valence-electron chi connectivity index (χ2n) is 31.3. The van der Waals surface area contributed by atoms with Crippen LogP contribution in [0.2, 0.25) is 0 Å². The lowest BCUT2D eigenvalue weighted by Crippen LogP contribution is -2.58. The van der Waals surface area contributed by atoms with E-state index in [-0.39, 0.29) is 13.4 Å². The number of hydrogen-bond donors (Lipinski definition) is 0. The van der Waals surface area contributed by atoms with Crippen LogP contribution in [0.1, 0.15) is 11.1 Å². The van der Waals surface area contributed by atoms with Crippen LogP contribution in [0.3, 0.4) is 0 Å². The van der Waals surface area contributed by atoms with E-state index in [1.165, 1.54) is 138 Å². The van der Waals surface area contributed by atoms with E-state index in [4.69, 9.17) is 9.47 Å². The van der Waals surface area contributed by atoms with Gasteiger partial charge in [-0.2, -0.15) is 0 Å². The molecule has 115 heavy (non-hydrogen) atoms. The summed E-state index contributed by atoms with van der Waals surface area (Å²) in [5.41, 5.74) is 39.9. The summed E-state index contributed by atoms with van der Waals surface area (Å²) in [6.07, 6.45) is 0.679. The number of rotatable bonds is 12. The van der Waals surface area contributed by atoms with Crippen molar-refractivity contribution in [1.82, 2.24) is 9.13 Å². The average Bonchev–Trinajstić information content (AvgIpc) is 1.59. The molecule has 0 fully saturated rings. The molecule has 0 saturated heterocycles. The van der Waals surface area contributed by atoms with Gasteiger partial charge in [0.2, 0.25) is 0 Å². The fourth-order valence-electron chi connectivity index (χ4n) is 19.7. The zero-order valence-corrected chi connectivity index (χ0v) is 62.7. The van der Waals surface area contributed by atoms with Gasteiger partial charge in [-0.1, -0.05) is 328 Å². The van der Waals surface area contributed by atoms with Gasteiger partial charge in [0.15, 0.2) is 0 Å². The average molecular weight is 1460 g/mol. The maximum Gasteiger partial charge on any atom is 0.256 e. The van der Waals surface area contributed by atoms with Crippen LogP contribution in [0.5, 0.6) is 23.0 Å². The van der Waals surface area contributed by atoms with Gasteiger partial charge in [0.1, 0.15) is 23.0 Å². The predicted molar refractivity (Wildman–Crippen MR) is 481 cm³/mol. The first-order chi connectivity index (χ1) is 57.0. The van der Waals surface area contributed by atoms with Gasteiger partial charge in [-0.05, 0) is 234 Å². The summed E-state index contributed by atoms with van der Waals surface area (Å²) >= 11 is 0. The Labute approximate surface area is 667 Å². The quantitative estimate of drug-likeness (QED) is 0.114. The van der Waals surface area contributed by atoms with E-state index in [9.17, 15) is 0 Å². The van der Waals surface area contributed by atoms with Gasteiger partial charge in [-0.25, -0.2) is 0 Å². The van der Waals surface area contributed by atoms with Crippen LogP contribution in [0.4, 0.5) is 0 Å². The van der Waals surface area contributed by atoms with Crippen molar-refractivity contribution in [1.29, 1.82) is 0 Å². The SMILES string of the molecule is c1ccc(-c2ccc3c(c2)Oc2cc(Cc4cccc(-c5ccccc5-c5ccc6c(c5)c5cc(-c7ccccc7-c7ccccc7)cc7c5n6-c5cc(-c6ccccc6-c6ccccc6)cc6c5B7c5ccc(-c7ccccc7)cc5O6)c4)cc4c2B3c2cc(-c3ccccc3)cc3c5cc(-c6ccccc6)ccc5n-4c23)cc1. The Morgan fingerprint density at radius 2 is 0.539 bits per heavy atom. The molecule has 0 bridgehead atoms. The number of ether oxygens (including phenoxy) is 2. The maximum absolute atomic E-state index is 7.47. The van der Waals surface area contributed by atoms with Crippen LogP contribution >= 0.6 is 0 Å². The zero-order chi connectivity index (χ0) is 75.3. The van der Waals surface area contributed by atoms with Crippen molar-refractivity contribution in [3.05, 3.63) is 412 Å². The summed E-state index contributed by atoms with van der Waals surface area (Å²) in [5, 5.41) is 4.86. The summed E-state index contributed by atoms with van der Waals surface area (Å²) < 4.78 is 20.0. The smallest absolute Gasteiger partial charge is 0.256 e. The van der Waals surface area contributed by atoms with Crippen molar-refractivity contribution < 1.29 is 9.47 Å². The third kappa shape index (κ3) is 10.4. The Balaban J connectivity index is 0.675. The van der Waals surface area contributed by atoms with Crippen molar-refractivity contribution in [2.24, 2.45) is 0 Å². The Bertz CT molecular complexity index is 7420. The molecule has 0 spiro atoms. The van der Waals surface area contributed by atoms with Gasteiger partial charge < -0.3 is 18.6 Å². The normalized spacial score (nSPS) is 12.5. The molecule has 0 aliphatic carbocycles. The summed E-state index contributed by atoms with van der Waals surface area (Å²) in [5.74, 6) is 3.52. The summed E-state index contributed by atoms with van der Waals surface area (Å²) in [7, 11) is 0. The van der Waals surface area contributed by atoms with Crippen molar-refractivity contribution >= 4 is 89.8 Å². The lowest BCUT2D eigenvalue weighted by Gasteiger charge is -2.34. The van der Waals surface area contributed by atoms with Gasteiger partial charge in [-0.15, -0.1) is 0 Å². The maximum atomic E-state index is 7.47. The highest BCUT2D eigenvalue weighted by Crippen LogP contribution is 2.48. The molecular formula is C109H68B2N2O2. The molecule has 24 rings (SSSR count). The fraction of sp³-hybridized carbons (Fsp3) is 0.00917. The molecule has 0 radical (unpaired) electrons.